The van der Waals surface area contributed by atoms with Gasteiger partial charge in [-0.25, -0.2) is 4.39 Å². The summed E-state index contributed by atoms with van der Waals surface area (Å²) in [5.74, 6) is -0.0180. The first kappa shape index (κ1) is 17.5. The van der Waals surface area contributed by atoms with Crippen molar-refractivity contribution < 1.29 is 13.9 Å². The Kier molecular flexibility index (Phi) is 5.49. The Morgan fingerprint density at radius 1 is 0.962 bits per heavy atom. The molecule has 0 spiro atoms. The summed E-state index contributed by atoms with van der Waals surface area (Å²) in [5, 5.41) is 6.04. The fraction of sp³-hybridized carbons (Fsp3) is 0.0952. The van der Waals surface area contributed by atoms with Crippen molar-refractivity contribution in [2.45, 2.75) is 6.92 Å². The van der Waals surface area contributed by atoms with Crippen molar-refractivity contribution in [1.82, 2.24) is 0 Å². The number of anilines is 3. The lowest BCUT2D eigenvalue weighted by Crippen LogP contribution is -2.11. The van der Waals surface area contributed by atoms with E-state index in [0.29, 0.717) is 12.3 Å². The maximum atomic E-state index is 13.2. The SMILES string of the molecule is CCOc1ccccc1Nc1ccc(NC(=O)c2cccc(F)c2)cc1. The first-order chi connectivity index (χ1) is 12.7. The maximum absolute atomic E-state index is 13.2. The molecule has 0 unspecified atom stereocenters. The highest BCUT2D eigenvalue weighted by molar-refractivity contribution is 6.04. The molecule has 0 aliphatic heterocycles. The Balaban J connectivity index is 1.68. The van der Waals surface area contributed by atoms with Crippen molar-refractivity contribution in [2.75, 3.05) is 17.2 Å². The first-order valence-corrected chi connectivity index (χ1v) is 8.31. The molecular formula is C21H19FN2O2. The van der Waals surface area contributed by atoms with Crippen LogP contribution >= 0.6 is 0 Å². The molecule has 0 aromatic heterocycles. The zero-order chi connectivity index (χ0) is 18.4. The predicted molar refractivity (Wildman–Crippen MR) is 102 cm³/mol. The number of ether oxygens (including phenoxy) is 1. The van der Waals surface area contributed by atoms with Gasteiger partial charge in [-0.2, -0.15) is 0 Å². The second-order valence-electron chi connectivity index (χ2n) is 5.60. The summed E-state index contributed by atoms with van der Waals surface area (Å²) in [6.45, 7) is 2.52. The molecule has 0 aliphatic carbocycles. The Hall–Kier alpha value is -3.34. The van der Waals surface area contributed by atoms with E-state index in [-0.39, 0.29) is 11.5 Å². The molecule has 4 nitrogen and oxygen atoms in total. The topological polar surface area (TPSA) is 50.4 Å². The van der Waals surface area contributed by atoms with Crippen LogP contribution in [0.4, 0.5) is 21.5 Å². The number of benzene rings is 3. The molecule has 2 N–H and O–H groups in total. The highest BCUT2D eigenvalue weighted by Crippen LogP contribution is 2.28. The van der Waals surface area contributed by atoms with Crippen molar-refractivity contribution in [2.24, 2.45) is 0 Å². The lowest BCUT2D eigenvalue weighted by molar-refractivity contribution is 0.102. The third kappa shape index (κ3) is 4.39. The van der Waals surface area contributed by atoms with Crippen molar-refractivity contribution in [3.05, 3.63) is 84.2 Å². The van der Waals surface area contributed by atoms with Gasteiger partial charge in [-0.15, -0.1) is 0 Å². The first-order valence-electron chi connectivity index (χ1n) is 8.31. The van der Waals surface area contributed by atoms with Gasteiger partial charge in [0.25, 0.3) is 5.91 Å². The summed E-state index contributed by atoms with van der Waals surface area (Å²) in [4.78, 5) is 12.1. The molecule has 3 rings (SSSR count). The van der Waals surface area contributed by atoms with E-state index in [2.05, 4.69) is 10.6 Å². The van der Waals surface area contributed by atoms with E-state index in [1.165, 1.54) is 18.2 Å². The van der Waals surface area contributed by atoms with Crippen LogP contribution < -0.4 is 15.4 Å². The second-order valence-corrected chi connectivity index (χ2v) is 5.60. The van der Waals surface area contributed by atoms with Gasteiger partial charge in [0.2, 0.25) is 0 Å². The number of halogens is 1. The van der Waals surface area contributed by atoms with E-state index in [1.807, 2.05) is 43.3 Å². The summed E-state index contributed by atoms with van der Waals surface area (Å²) in [7, 11) is 0. The van der Waals surface area contributed by atoms with Crippen LogP contribution in [0.1, 0.15) is 17.3 Å². The minimum absolute atomic E-state index is 0.276. The third-order valence-corrected chi connectivity index (χ3v) is 3.70. The lowest BCUT2D eigenvalue weighted by Gasteiger charge is -2.13. The summed E-state index contributed by atoms with van der Waals surface area (Å²) >= 11 is 0. The van der Waals surface area contributed by atoms with Gasteiger partial charge >= 0.3 is 0 Å². The predicted octanol–water partition coefficient (Wildman–Crippen LogP) is 5.22. The van der Waals surface area contributed by atoms with Crippen LogP contribution in [0.25, 0.3) is 0 Å². The van der Waals surface area contributed by atoms with Gasteiger partial charge in [-0.3, -0.25) is 4.79 Å². The largest absolute Gasteiger partial charge is 0.492 e. The van der Waals surface area contributed by atoms with Gasteiger partial charge in [0.1, 0.15) is 11.6 Å². The number of hydrogen-bond acceptors (Lipinski definition) is 3. The average molecular weight is 350 g/mol. The van der Waals surface area contributed by atoms with Gasteiger partial charge in [-0.05, 0) is 61.5 Å². The van der Waals surface area contributed by atoms with Crippen LogP contribution in [0.2, 0.25) is 0 Å². The van der Waals surface area contributed by atoms with E-state index in [1.54, 1.807) is 18.2 Å². The summed E-state index contributed by atoms with van der Waals surface area (Å²) in [6.07, 6.45) is 0. The zero-order valence-electron chi connectivity index (χ0n) is 14.3. The van der Waals surface area contributed by atoms with Gasteiger partial charge in [0.05, 0.1) is 12.3 Å². The fourth-order valence-corrected chi connectivity index (χ4v) is 2.48. The van der Waals surface area contributed by atoms with Crippen molar-refractivity contribution >= 4 is 23.0 Å². The van der Waals surface area contributed by atoms with Crippen LogP contribution in [-0.2, 0) is 0 Å². The molecule has 0 fully saturated rings. The molecule has 0 heterocycles. The molecule has 3 aromatic carbocycles. The minimum Gasteiger partial charge on any atom is -0.492 e. The number of carbonyl (C=O) groups excluding carboxylic acids is 1. The van der Waals surface area contributed by atoms with Crippen LogP contribution in [0, 0.1) is 5.82 Å². The van der Waals surface area contributed by atoms with Crippen LogP contribution in [0.3, 0.4) is 0 Å². The molecule has 5 heteroatoms. The molecule has 0 aliphatic rings. The number of rotatable bonds is 6. The number of hydrogen-bond donors (Lipinski definition) is 2. The van der Waals surface area contributed by atoms with E-state index < -0.39 is 5.82 Å². The molecule has 0 saturated heterocycles. The van der Waals surface area contributed by atoms with Crippen LogP contribution in [-0.4, -0.2) is 12.5 Å². The zero-order valence-corrected chi connectivity index (χ0v) is 14.3. The Bertz CT molecular complexity index is 895. The molecule has 1 amide bonds. The molecule has 132 valence electrons. The standard InChI is InChI=1S/C21H19FN2O2/c1-2-26-20-9-4-3-8-19(20)23-17-10-12-18(13-11-17)24-21(25)15-6-5-7-16(22)14-15/h3-14,23H,2H2,1H3,(H,24,25). The number of nitrogens with one attached hydrogen (secondary N) is 2. The molecule has 0 radical (unpaired) electrons. The quantitative estimate of drug-likeness (QED) is 0.641. The normalized spacial score (nSPS) is 10.2. The third-order valence-electron chi connectivity index (χ3n) is 3.70. The summed E-state index contributed by atoms with van der Waals surface area (Å²) < 4.78 is 18.8. The van der Waals surface area contributed by atoms with Crippen LogP contribution in [0.15, 0.2) is 72.8 Å². The molecular weight excluding hydrogens is 331 g/mol. The van der Waals surface area contributed by atoms with Crippen molar-refractivity contribution in [1.29, 1.82) is 0 Å². The highest BCUT2D eigenvalue weighted by atomic mass is 19.1. The average Bonchev–Trinajstić information content (AvgIpc) is 2.65. The van der Waals surface area contributed by atoms with Crippen LogP contribution in [0.5, 0.6) is 5.75 Å². The molecule has 3 aromatic rings. The van der Waals surface area contributed by atoms with E-state index in [4.69, 9.17) is 4.74 Å². The monoisotopic (exact) mass is 350 g/mol. The summed E-state index contributed by atoms with van der Waals surface area (Å²) in [6, 6.07) is 20.5. The number of amides is 1. The van der Waals surface area contributed by atoms with E-state index in [0.717, 1.165) is 17.1 Å². The highest BCUT2D eigenvalue weighted by Gasteiger charge is 2.07. The van der Waals surface area contributed by atoms with Gasteiger partial charge < -0.3 is 15.4 Å². The molecule has 0 saturated carbocycles. The molecule has 0 atom stereocenters. The fourth-order valence-electron chi connectivity index (χ4n) is 2.48. The second kappa shape index (κ2) is 8.16. The Labute approximate surface area is 151 Å². The smallest absolute Gasteiger partial charge is 0.255 e. The Morgan fingerprint density at radius 2 is 1.69 bits per heavy atom. The minimum atomic E-state index is -0.440. The lowest BCUT2D eigenvalue weighted by atomic mass is 10.2. The Morgan fingerprint density at radius 3 is 2.42 bits per heavy atom. The van der Waals surface area contributed by atoms with Gasteiger partial charge in [-0.1, -0.05) is 18.2 Å². The van der Waals surface area contributed by atoms with Crippen molar-refractivity contribution in [3.8, 4) is 5.75 Å². The van der Waals surface area contributed by atoms with E-state index in [9.17, 15) is 9.18 Å². The maximum Gasteiger partial charge on any atom is 0.255 e. The van der Waals surface area contributed by atoms with E-state index >= 15 is 0 Å². The van der Waals surface area contributed by atoms with Crippen molar-refractivity contribution in [3.63, 3.8) is 0 Å². The van der Waals surface area contributed by atoms with Gasteiger partial charge in [0, 0.05) is 16.9 Å². The summed E-state index contributed by atoms with van der Waals surface area (Å²) in [5.41, 5.74) is 2.63. The van der Waals surface area contributed by atoms with Gasteiger partial charge in [0.15, 0.2) is 0 Å². The number of carbonyl (C=O) groups is 1. The number of para-hydroxylation sites is 2. The molecule has 0 bridgehead atoms. The molecule has 26 heavy (non-hydrogen) atoms.